The highest BCUT2D eigenvalue weighted by molar-refractivity contribution is 7.92. The summed E-state index contributed by atoms with van der Waals surface area (Å²) in [6.07, 6.45) is 0. The number of aromatic nitrogens is 2. The molecule has 7 nitrogen and oxygen atoms in total. The van der Waals surface area contributed by atoms with Gasteiger partial charge in [-0.2, -0.15) is 4.98 Å². The van der Waals surface area contributed by atoms with E-state index in [9.17, 15) is 17.2 Å². The minimum atomic E-state index is -3.85. The molecular weight excluding hydrogens is 428 g/mol. The van der Waals surface area contributed by atoms with Crippen LogP contribution in [0.5, 0.6) is 5.75 Å². The Morgan fingerprint density at radius 3 is 2.13 bits per heavy atom. The van der Waals surface area contributed by atoms with Crippen LogP contribution in [0.4, 0.5) is 14.5 Å². The summed E-state index contributed by atoms with van der Waals surface area (Å²) in [6.45, 7) is 0.00812. The van der Waals surface area contributed by atoms with E-state index in [1.165, 1.54) is 36.4 Å². The first-order valence-corrected chi connectivity index (χ1v) is 10.5. The Kier molecular flexibility index (Phi) is 5.63. The Bertz CT molecular complexity index is 1270. The predicted molar refractivity (Wildman–Crippen MR) is 108 cm³/mol. The van der Waals surface area contributed by atoms with Gasteiger partial charge in [-0.25, -0.2) is 17.2 Å². The quantitative estimate of drug-likeness (QED) is 0.455. The number of hydrogen-bond acceptors (Lipinski definition) is 6. The number of ether oxygens (including phenoxy) is 1. The van der Waals surface area contributed by atoms with Gasteiger partial charge in [-0.1, -0.05) is 5.16 Å². The van der Waals surface area contributed by atoms with Gasteiger partial charge in [-0.15, -0.1) is 0 Å². The monoisotopic (exact) mass is 443 g/mol. The average molecular weight is 443 g/mol. The molecule has 0 saturated carbocycles. The summed E-state index contributed by atoms with van der Waals surface area (Å²) in [5.41, 5.74) is 0.915. The van der Waals surface area contributed by atoms with Crippen LogP contribution in [0.3, 0.4) is 0 Å². The summed E-state index contributed by atoms with van der Waals surface area (Å²) in [7, 11) is -3.85. The van der Waals surface area contributed by atoms with Crippen LogP contribution in [0.1, 0.15) is 5.89 Å². The van der Waals surface area contributed by atoms with Crippen LogP contribution >= 0.6 is 0 Å². The molecule has 1 N–H and O–H groups in total. The van der Waals surface area contributed by atoms with Gasteiger partial charge in [0.15, 0.2) is 6.61 Å². The van der Waals surface area contributed by atoms with E-state index in [1.54, 1.807) is 24.3 Å². The zero-order valence-corrected chi connectivity index (χ0v) is 16.6. The van der Waals surface area contributed by atoms with Crippen LogP contribution in [-0.4, -0.2) is 18.6 Å². The Morgan fingerprint density at radius 1 is 0.871 bits per heavy atom. The van der Waals surface area contributed by atoms with Gasteiger partial charge in [0, 0.05) is 11.3 Å². The second-order valence-corrected chi connectivity index (χ2v) is 8.07. The number of sulfonamides is 1. The first-order valence-electron chi connectivity index (χ1n) is 8.99. The van der Waals surface area contributed by atoms with Crippen molar-refractivity contribution in [3.8, 4) is 17.1 Å². The molecule has 0 amide bonds. The lowest BCUT2D eigenvalue weighted by molar-refractivity contribution is 0.242. The lowest BCUT2D eigenvalue weighted by Gasteiger charge is -2.08. The molecule has 4 aromatic rings. The van der Waals surface area contributed by atoms with E-state index in [1.807, 2.05) is 0 Å². The van der Waals surface area contributed by atoms with Crippen molar-refractivity contribution in [2.24, 2.45) is 0 Å². The van der Waals surface area contributed by atoms with E-state index in [0.29, 0.717) is 22.8 Å². The van der Waals surface area contributed by atoms with Gasteiger partial charge in [0.05, 0.1) is 4.90 Å². The fourth-order valence-electron chi connectivity index (χ4n) is 2.62. The van der Waals surface area contributed by atoms with Crippen LogP contribution in [0.15, 0.2) is 82.2 Å². The molecule has 0 unspecified atom stereocenters. The molecule has 31 heavy (non-hydrogen) atoms. The molecular formula is C21H15F2N3O4S. The van der Waals surface area contributed by atoms with Crippen LogP contribution < -0.4 is 9.46 Å². The maximum atomic E-state index is 13.0. The van der Waals surface area contributed by atoms with Crippen molar-refractivity contribution in [3.05, 3.63) is 90.3 Å². The normalized spacial score (nSPS) is 11.3. The number of hydrogen-bond donors (Lipinski definition) is 1. The molecule has 0 bridgehead atoms. The van der Waals surface area contributed by atoms with Gasteiger partial charge < -0.3 is 9.26 Å². The lowest BCUT2D eigenvalue weighted by Crippen LogP contribution is -2.12. The molecule has 0 saturated heterocycles. The fraction of sp³-hybridized carbons (Fsp3) is 0.0476. The van der Waals surface area contributed by atoms with Gasteiger partial charge >= 0.3 is 0 Å². The fourth-order valence-corrected chi connectivity index (χ4v) is 3.68. The van der Waals surface area contributed by atoms with E-state index in [0.717, 1.165) is 12.1 Å². The van der Waals surface area contributed by atoms with Crippen molar-refractivity contribution in [3.63, 3.8) is 0 Å². The molecule has 158 valence electrons. The van der Waals surface area contributed by atoms with Gasteiger partial charge in [0.25, 0.3) is 15.9 Å². The molecule has 1 heterocycles. The lowest BCUT2D eigenvalue weighted by atomic mass is 10.2. The number of anilines is 1. The van der Waals surface area contributed by atoms with Crippen molar-refractivity contribution in [2.75, 3.05) is 4.72 Å². The predicted octanol–water partition coefficient (Wildman–Crippen LogP) is 4.39. The molecule has 0 aliphatic carbocycles. The Labute approximate surface area is 176 Å². The van der Waals surface area contributed by atoms with Gasteiger partial charge in [-0.05, 0) is 72.8 Å². The maximum absolute atomic E-state index is 13.0. The van der Waals surface area contributed by atoms with Crippen LogP contribution in [0.2, 0.25) is 0 Å². The number of benzene rings is 3. The van der Waals surface area contributed by atoms with E-state index >= 15 is 0 Å². The molecule has 0 aliphatic rings. The van der Waals surface area contributed by atoms with Crippen molar-refractivity contribution in [1.82, 2.24) is 10.1 Å². The number of rotatable bonds is 7. The van der Waals surface area contributed by atoms with Crippen molar-refractivity contribution < 1.29 is 26.5 Å². The Hall–Kier alpha value is -3.79. The third kappa shape index (κ3) is 5.04. The number of halogens is 2. The third-order valence-electron chi connectivity index (χ3n) is 4.16. The zero-order valence-electron chi connectivity index (χ0n) is 15.8. The third-order valence-corrected chi connectivity index (χ3v) is 5.56. The largest absolute Gasteiger partial charge is 0.484 e. The molecule has 10 heteroatoms. The molecule has 1 aromatic heterocycles. The first kappa shape index (κ1) is 20.5. The average Bonchev–Trinajstić information content (AvgIpc) is 3.23. The summed E-state index contributed by atoms with van der Waals surface area (Å²) < 4.78 is 63.7. The molecule has 0 atom stereocenters. The standard InChI is InChI=1S/C21H15F2N3O4S/c22-15-3-9-18(10-4-15)29-13-20-24-21(25-30-20)14-1-7-17(8-2-14)26-31(27,28)19-11-5-16(23)6-12-19/h1-12,26H,13H2. The molecule has 0 radical (unpaired) electrons. The Balaban J connectivity index is 1.41. The van der Waals surface area contributed by atoms with Crippen LogP contribution in [0, 0.1) is 11.6 Å². The SMILES string of the molecule is O=S(=O)(Nc1ccc(-c2noc(COc3ccc(F)cc3)n2)cc1)c1ccc(F)cc1. The zero-order chi connectivity index (χ0) is 21.8. The van der Waals surface area contributed by atoms with Gasteiger partial charge in [0.2, 0.25) is 5.82 Å². The number of nitrogens with zero attached hydrogens (tertiary/aromatic N) is 2. The van der Waals surface area contributed by atoms with Crippen molar-refractivity contribution in [2.45, 2.75) is 11.5 Å². The summed E-state index contributed by atoms with van der Waals surface area (Å²) in [4.78, 5) is 4.17. The maximum Gasteiger partial charge on any atom is 0.264 e. The summed E-state index contributed by atoms with van der Waals surface area (Å²) in [6, 6.07) is 16.4. The highest BCUT2D eigenvalue weighted by Gasteiger charge is 2.15. The second kappa shape index (κ2) is 8.52. The van der Waals surface area contributed by atoms with Crippen molar-refractivity contribution in [1.29, 1.82) is 0 Å². The summed E-state index contributed by atoms with van der Waals surface area (Å²) in [5, 5.41) is 3.87. The molecule has 0 aliphatic heterocycles. The van der Waals surface area contributed by atoms with Gasteiger partial charge in [0.1, 0.15) is 17.4 Å². The second-order valence-electron chi connectivity index (χ2n) is 6.39. The Morgan fingerprint density at radius 2 is 1.48 bits per heavy atom. The summed E-state index contributed by atoms with van der Waals surface area (Å²) >= 11 is 0. The van der Waals surface area contributed by atoms with E-state index < -0.39 is 15.8 Å². The highest BCUT2D eigenvalue weighted by Crippen LogP contribution is 2.22. The number of nitrogens with one attached hydrogen (secondary N) is 1. The molecule has 4 rings (SSSR count). The van der Waals surface area contributed by atoms with Crippen LogP contribution in [0.25, 0.3) is 11.4 Å². The minimum absolute atomic E-state index is 0.00812. The van der Waals surface area contributed by atoms with E-state index in [4.69, 9.17) is 9.26 Å². The van der Waals surface area contributed by atoms with E-state index in [2.05, 4.69) is 14.9 Å². The minimum Gasteiger partial charge on any atom is -0.484 e. The molecule has 3 aromatic carbocycles. The first-order chi connectivity index (χ1) is 14.9. The van der Waals surface area contributed by atoms with E-state index in [-0.39, 0.29) is 23.2 Å². The van der Waals surface area contributed by atoms with Gasteiger partial charge in [-0.3, -0.25) is 4.72 Å². The smallest absolute Gasteiger partial charge is 0.264 e. The summed E-state index contributed by atoms with van der Waals surface area (Å²) in [5.74, 6) is 0.0895. The molecule has 0 spiro atoms. The molecule has 0 fully saturated rings. The van der Waals surface area contributed by atoms with Crippen LogP contribution in [-0.2, 0) is 16.6 Å². The highest BCUT2D eigenvalue weighted by atomic mass is 32.2. The van der Waals surface area contributed by atoms with Crippen molar-refractivity contribution >= 4 is 15.7 Å². The topological polar surface area (TPSA) is 94.3 Å².